The number of ether oxygens (including phenoxy) is 1. The molecular weight excluding hydrogens is 356 g/mol. The van der Waals surface area contributed by atoms with Crippen molar-refractivity contribution in [2.24, 2.45) is 0 Å². The Hall–Kier alpha value is -3.15. The van der Waals surface area contributed by atoms with Crippen molar-refractivity contribution < 1.29 is 19.1 Å². The molecule has 6 heteroatoms. The number of carbonyl (C=O) groups excluding carboxylic acids is 3. The highest BCUT2D eigenvalue weighted by Gasteiger charge is 2.22. The monoisotopic (exact) mass is 378 g/mol. The van der Waals surface area contributed by atoms with E-state index in [0.29, 0.717) is 30.7 Å². The maximum absolute atomic E-state index is 12.4. The average molecular weight is 378 g/mol. The number of hydrogen-bond acceptors (Lipinski definition) is 4. The molecule has 0 unspecified atom stereocenters. The third-order valence-corrected chi connectivity index (χ3v) is 5.17. The molecule has 2 heterocycles. The summed E-state index contributed by atoms with van der Waals surface area (Å²) in [4.78, 5) is 39.5. The lowest BCUT2D eigenvalue weighted by Gasteiger charge is -2.16. The topological polar surface area (TPSA) is 66.9 Å². The van der Waals surface area contributed by atoms with Crippen LogP contribution < -0.4 is 9.64 Å². The van der Waals surface area contributed by atoms with Gasteiger partial charge in [-0.1, -0.05) is 12.1 Å². The van der Waals surface area contributed by atoms with Crippen LogP contribution in [0.2, 0.25) is 0 Å². The maximum atomic E-state index is 12.4. The van der Waals surface area contributed by atoms with E-state index in [4.69, 9.17) is 4.74 Å². The smallest absolute Gasteiger partial charge is 0.343 e. The molecule has 0 atom stereocenters. The van der Waals surface area contributed by atoms with E-state index in [9.17, 15) is 14.4 Å². The summed E-state index contributed by atoms with van der Waals surface area (Å²) in [5.41, 5.74) is 2.27. The Balaban J connectivity index is 1.36. The van der Waals surface area contributed by atoms with Crippen LogP contribution in [0.5, 0.6) is 5.75 Å². The van der Waals surface area contributed by atoms with Gasteiger partial charge in [-0.05, 0) is 54.8 Å². The predicted molar refractivity (Wildman–Crippen MR) is 104 cm³/mol. The van der Waals surface area contributed by atoms with Crippen molar-refractivity contribution in [1.82, 2.24) is 4.90 Å². The van der Waals surface area contributed by atoms with E-state index in [-0.39, 0.29) is 11.8 Å². The number of nitrogens with zero attached hydrogens (tertiary/aromatic N) is 2. The van der Waals surface area contributed by atoms with Gasteiger partial charge in [0, 0.05) is 38.2 Å². The lowest BCUT2D eigenvalue weighted by Crippen LogP contribution is -2.23. The molecule has 0 radical (unpaired) electrons. The Morgan fingerprint density at radius 1 is 0.857 bits per heavy atom. The zero-order valence-corrected chi connectivity index (χ0v) is 15.6. The van der Waals surface area contributed by atoms with Gasteiger partial charge in [-0.2, -0.15) is 0 Å². The zero-order chi connectivity index (χ0) is 19.5. The predicted octanol–water partition coefficient (Wildman–Crippen LogP) is 3.16. The fraction of sp³-hybridized carbons (Fsp3) is 0.318. The van der Waals surface area contributed by atoms with Gasteiger partial charge in [-0.15, -0.1) is 0 Å². The molecule has 2 aromatic carbocycles. The number of amides is 2. The van der Waals surface area contributed by atoms with Crippen LogP contribution in [0.25, 0.3) is 0 Å². The van der Waals surface area contributed by atoms with Gasteiger partial charge in [0.2, 0.25) is 11.8 Å². The van der Waals surface area contributed by atoms with Crippen LogP contribution in [0.3, 0.4) is 0 Å². The first-order chi connectivity index (χ1) is 13.6. The second-order valence-electron chi connectivity index (χ2n) is 7.15. The quantitative estimate of drug-likeness (QED) is 0.592. The molecule has 2 saturated heterocycles. The van der Waals surface area contributed by atoms with E-state index >= 15 is 0 Å². The fourth-order valence-electron chi connectivity index (χ4n) is 3.62. The highest BCUT2D eigenvalue weighted by Crippen LogP contribution is 2.24. The minimum absolute atomic E-state index is 0.125. The molecule has 2 aliphatic heterocycles. The molecule has 144 valence electrons. The summed E-state index contributed by atoms with van der Waals surface area (Å²) in [6.45, 7) is 2.10. The first kappa shape index (κ1) is 18.2. The molecule has 2 amide bonds. The molecule has 2 aliphatic rings. The van der Waals surface area contributed by atoms with Crippen LogP contribution in [0.4, 0.5) is 5.69 Å². The summed E-state index contributed by atoms with van der Waals surface area (Å²) in [6, 6.07) is 14.1. The molecule has 0 N–H and O–H groups in total. The van der Waals surface area contributed by atoms with Crippen LogP contribution >= 0.6 is 0 Å². The standard InChI is InChI=1S/C22H22N2O4/c25-20-3-1-13-23(20)15-16-5-7-17(8-6-16)22(27)28-19-11-9-18(10-12-19)24-14-2-4-21(24)26/h5-12H,1-4,13-15H2. The number of hydrogen-bond donors (Lipinski definition) is 0. The molecule has 0 bridgehead atoms. The Labute approximate surface area is 163 Å². The van der Waals surface area contributed by atoms with Crippen LogP contribution in [0.1, 0.15) is 41.6 Å². The van der Waals surface area contributed by atoms with Gasteiger partial charge in [-0.3, -0.25) is 9.59 Å². The summed E-state index contributed by atoms with van der Waals surface area (Å²) in [5.74, 6) is 0.309. The van der Waals surface area contributed by atoms with Crippen LogP contribution in [-0.2, 0) is 16.1 Å². The van der Waals surface area contributed by atoms with E-state index in [1.54, 1.807) is 41.3 Å². The van der Waals surface area contributed by atoms with Gasteiger partial charge in [0.25, 0.3) is 0 Å². The average Bonchev–Trinajstić information content (AvgIpc) is 3.31. The Kier molecular flexibility index (Phi) is 5.10. The molecule has 6 nitrogen and oxygen atoms in total. The van der Waals surface area contributed by atoms with Crippen molar-refractivity contribution in [3.05, 3.63) is 59.7 Å². The van der Waals surface area contributed by atoms with Crippen LogP contribution in [0, 0.1) is 0 Å². The molecule has 4 rings (SSSR count). The van der Waals surface area contributed by atoms with Crippen molar-refractivity contribution in [3.8, 4) is 5.75 Å². The molecule has 2 aromatic rings. The normalized spacial score (nSPS) is 16.7. The Morgan fingerprint density at radius 3 is 2.14 bits per heavy atom. The van der Waals surface area contributed by atoms with E-state index < -0.39 is 5.97 Å². The number of esters is 1. The van der Waals surface area contributed by atoms with Crippen molar-refractivity contribution >= 4 is 23.5 Å². The third-order valence-electron chi connectivity index (χ3n) is 5.17. The molecule has 0 aliphatic carbocycles. The van der Waals surface area contributed by atoms with Gasteiger partial charge in [0.05, 0.1) is 5.56 Å². The van der Waals surface area contributed by atoms with Crippen molar-refractivity contribution in [3.63, 3.8) is 0 Å². The molecular formula is C22H22N2O4. The summed E-state index contributed by atoms with van der Waals surface area (Å²) < 4.78 is 5.43. The van der Waals surface area contributed by atoms with Gasteiger partial charge < -0.3 is 14.5 Å². The molecule has 0 saturated carbocycles. The summed E-state index contributed by atoms with van der Waals surface area (Å²) in [5, 5.41) is 0. The van der Waals surface area contributed by atoms with Gasteiger partial charge >= 0.3 is 5.97 Å². The van der Waals surface area contributed by atoms with E-state index in [0.717, 1.165) is 37.2 Å². The summed E-state index contributed by atoms with van der Waals surface area (Å²) >= 11 is 0. The molecule has 2 fully saturated rings. The van der Waals surface area contributed by atoms with E-state index in [2.05, 4.69) is 0 Å². The first-order valence-electron chi connectivity index (χ1n) is 9.59. The van der Waals surface area contributed by atoms with Gasteiger partial charge in [0.15, 0.2) is 0 Å². The number of benzene rings is 2. The number of likely N-dealkylation sites (tertiary alicyclic amines) is 1. The van der Waals surface area contributed by atoms with E-state index in [1.807, 2.05) is 17.0 Å². The SMILES string of the molecule is O=C(Oc1ccc(N2CCCC2=O)cc1)c1ccc(CN2CCCC2=O)cc1. The largest absolute Gasteiger partial charge is 0.423 e. The molecule has 0 aromatic heterocycles. The maximum Gasteiger partial charge on any atom is 0.343 e. The second kappa shape index (κ2) is 7.84. The lowest BCUT2D eigenvalue weighted by atomic mass is 10.1. The summed E-state index contributed by atoms with van der Waals surface area (Å²) in [7, 11) is 0. The first-order valence-corrected chi connectivity index (χ1v) is 9.59. The highest BCUT2D eigenvalue weighted by atomic mass is 16.5. The van der Waals surface area contributed by atoms with Crippen molar-refractivity contribution in [1.29, 1.82) is 0 Å². The van der Waals surface area contributed by atoms with Crippen molar-refractivity contribution in [2.45, 2.75) is 32.2 Å². The Bertz CT molecular complexity index is 890. The molecule has 28 heavy (non-hydrogen) atoms. The van der Waals surface area contributed by atoms with Crippen molar-refractivity contribution in [2.75, 3.05) is 18.0 Å². The zero-order valence-electron chi connectivity index (χ0n) is 15.6. The highest BCUT2D eigenvalue weighted by molar-refractivity contribution is 5.95. The third kappa shape index (κ3) is 3.91. The van der Waals surface area contributed by atoms with Crippen LogP contribution in [0.15, 0.2) is 48.5 Å². The van der Waals surface area contributed by atoms with Gasteiger partial charge in [-0.25, -0.2) is 4.79 Å². The fourth-order valence-corrected chi connectivity index (χ4v) is 3.62. The van der Waals surface area contributed by atoms with E-state index in [1.165, 1.54) is 0 Å². The van der Waals surface area contributed by atoms with Gasteiger partial charge in [0.1, 0.15) is 5.75 Å². The van der Waals surface area contributed by atoms with Crippen LogP contribution in [-0.4, -0.2) is 35.8 Å². The second-order valence-corrected chi connectivity index (χ2v) is 7.15. The number of carbonyl (C=O) groups is 3. The molecule has 0 spiro atoms. The minimum atomic E-state index is -0.436. The number of anilines is 1. The minimum Gasteiger partial charge on any atom is -0.423 e. The Morgan fingerprint density at radius 2 is 1.54 bits per heavy atom. The lowest BCUT2D eigenvalue weighted by molar-refractivity contribution is -0.128. The number of rotatable bonds is 5. The summed E-state index contributed by atoms with van der Waals surface area (Å²) in [6.07, 6.45) is 2.99.